The Bertz CT molecular complexity index is 1260. The van der Waals surface area contributed by atoms with Crippen LogP contribution in [-0.4, -0.2) is 39.6 Å². The maximum atomic E-state index is 12.7. The largest absolute Gasteiger partial charge is 0.331 e. The van der Waals surface area contributed by atoms with Crippen molar-refractivity contribution in [3.8, 4) is 0 Å². The summed E-state index contributed by atoms with van der Waals surface area (Å²) >= 11 is 0. The van der Waals surface area contributed by atoms with Gasteiger partial charge in [-0.2, -0.15) is 5.10 Å². The molecule has 2 aliphatic heterocycles. The zero-order chi connectivity index (χ0) is 25.1. The fourth-order valence-electron chi connectivity index (χ4n) is 4.60. The molecule has 1 atom stereocenters. The van der Waals surface area contributed by atoms with Gasteiger partial charge in [-0.3, -0.25) is 20.1 Å². The van der Waals surface area contributed by atoms with Crippen LogP contribution >= 0.6 is 0 Å². The zero-order valence-corrected chi connectivity index (χ0v) is 20.1. The van der Waals surface area contributed by atoms with Crippen molar-refractivity contribution >= 4 is 29.4 Å². The summed E-state index contributed by atoms with van der Waals surface area (Å²) in [6.07, 6.45) is 1.65. The number of hydrazine groups is 1. The van der Waals surface area contributed by atoms with Gasteiger partial charge >= 0.3 is 6.03 Å². The molecule has 4 N–H and O–H groups in total. The van der Waals surface area contributed by atoms with E-state index in [-0.39, 0.29) is 30.3 Å². The minimum absolute atomic E-state index is 0.131. The van der Waals surface area contributed by atoms with E-state index in [1.807, 2.05) is 61.5 Å². The molecule has 0 bridgehead atoms. The highest BCUT2D eigenvalue weighted by Crippen LogP contribution is 2.26. The summed E-state index contributed by atoms with van der Waals surface area (Å²) in [4.78, 5) is 38.8. The number of H-pyrrole nitrogens is 1. The first-order chi connectivity index (χ1) is 17.5. The van der Waals surface area contributed by atoms with Gasteiger partial charge in [0, 0.05) is 30.8 Å². The van der Waals surface area contributed by atoms with Crippen molar-refractivity contribution in [3.63, 3.8) is 0 Å². The summed E-state index contributed by atoms with van der Waals surface area (Å²) < 4.78 is 0. The molecule has 1 unspecified atom stereocenters. The van der Waals surface area contributed by atoms with Gasteiger partial charge in [-0.15, -0.1) is 0 Å². The molecule has 3 aromatic rings. The van der Waals surface area contributed by atoms with E-state index in [9.17, 15) is 14.4 Å². The summed E-state index contributed by atoms with van der Waals surface area (Å²) in [5.74, 6) is 0.423. The van der Waals surface area contributed by atoms with Gasteiger partial charge in [0.1, 0.15) is 0 Å². The number of carbonyl (C=O) groups excluding carboxylic acids is 3. The molecule has 1 saturated heterocycles. The smallest absolute Gasteiger partial charge is 0.329 e. The van der Waals surface area contributed by atoms with Crippen LogP contribution < -0.4 is 21.0 Å². The van der Waals surface area contributed by atoms with E-state index in [2.05, 4.69) is 26.3 Å². The number of nitrogens with one attached hydrogen (secondary N) is 4. The lowest BCUT2D eigenvalue weighted by molar-refractivity contribution is -0.117. The minimum atomic E-state index is -0.297. The standard InChI is InChI=1S/C26H29N7O3/c1-17(19-6-3-2-4-7-19)27-26(36)31-32-15-21-22(16-32)29-30-25(21)28-23(34)14-18-9-11-20(12-10-18)33-13-5-8-24(33)35/h2-4,6-7,9-12,17H,5,8,13-16H2,1H3,(H2,27,31,36)(H2,28,29,30,34). The fraction of sp³-hybridized carbons (Fsp3) is 0.308. The first-order valence-corrected chi connectivity index (χ1v) is 12.1. The zero-order valence-electron chi connectivity index (χ0n) is 20.1. The third kappa shape index (κ3) is 5.23. The van der Waals surface area contributed by atoms with Crippen LogP contribution in [0.2, 0.25) is 0 Å². The average Bonchev–Trinajstić information content (AvgIpc) is 3.57. The molecule has 10 nitrogen and oxygen atoms in total. The van der Waals surface area contributed by atoms with Gasteiger partial charge in [0.2, 0.25) is 11.8 Å². The van der Waals surface area contributed by atoms with Crippen molar-refractivity contribution in [2.75, 3.05) is 16.8 Å². The van der Waals surface area contributed by atoms with Crippen LogP contribution in [0.1, 0.15) is 48.2 Å². The van der Waals surface area contributed by atoms with Crippen LogP contribution in [0.15, 0.2) is 54.6 Å². The summed E-state index contributed by atoms with van der Waals surface area (Å²) in [7, 11) is 0. The van der Waals surface area contributed by atoms with Gasteiger partial charge in [0.05, 0.1) is 24.7 Å². The summed E-state index contributed by atoms with van der Waals surface area (Å²) in [5.41, 5.74) is 7.29. The Balaban J connectivity index is 1.12. The predicted octanol–water partition coefficient (Wildman–Crippen LogP) is 3.01. The number of rotatable bonds is 7. The van der Waals surface area contributed by atoms with E-state index in [0.717, 1.165) is 41.0 Å². The molecule has 0 spiro atoms. The third-order valence-electron chi connectivity index (χ3n) is 6.50. The second kappa shape index (κ2) is 10.2. The predicted molar refractivity (Wildman–Crippen MR) is 135 cm³/mol. The lowest BCUT2D eigenvalue weighted by atomic mass is 10.1. The normalized spacial score (nSPS) is 16.0. The third-order valence-corrected chi connectivity index (χ3v) is 6.50. The second-order valence-corrected chi connectivity index (χ2v) is 9.14. The Morgan fingerprint density at radius 2 is 1.86 bits per heavy atom. The van der Waals surface area contributed by atoms with Crippen LogP contribution in [-0.2, 0) is 29.1 Å². The van der Waals surface area contributed by atoms with Crippen LogP contribution in [0.5, 0.6) is 0 Å². The molecular formula is C26H29N7O3. The number of hydrogen-bond donors (Lipinski definition) is 4. The van der Waals surface area contributed by atoms with Gasteiger partial charge in [-0.1, -0.05) is 42.5 Å². The molecule has 5 rings (SSSR count). The number of amides is 4. The number of urea groups is 1. The number of nitrogens with zero attached hydrogens (tertiary/aromatic N) is 3. The molecule has 186 valence electrons. The average molecular weight is 488 g/mol. The Morgan fingerprint density at radius 3 is 2.58 bits per heavy atom. The molecule has 1 aromatic heterocycles. The van der Waals surface area contributed by atoms with Gasteiger partial charge in [-0.25, -0.2) is 9.80 Å². The molecule has 4 amide bonds. The molecule has 10 heteroatoms. The van der Waals surface area contributed by atoms with Crippen LogP contribution in [0.25, 0.3) is 0 Å². The Hall–Kier alpha value is -4.18. The van der Waals surface area contributed by atoms with Crippen molar-refractivity contribution in [2.45, 2.75) is 45.3 Å². The van der Waals surface area contributed by atoms with Crippen molar-refractivity contribution in [1.29, 1.82) is 0 Å². The molecule has 3 heterocycles. The Morgan fingerprint density at radius 1 is 1.08 bits per heavy atom. The maximum absolute atomic E-state index is 12.7. The Kier molecular flexibility index (Phi) is 6.68. The summed E-state index contributed by atoms with van der Waals surface area (Å²) in [5, 5.41) is 14.8. The number of benzene rings is 2. The van der Waals surface area contributed by atoms with Crippen LogP contribution in [0.3, 0.4) is 0 Å². The van der Waals surface area contributed by atoms with E-state index in [1.54, 1.807) is 9.91 Å². The minimum Gasteiger partial charge on any atom is -0.331 e. The summed E-state index contributed by atoms with van der Waals surface area (Å²) in [6.45, 7) is 3.55. The molecule has 2 aliphatic rings. The van der Waals surface area contributed by atoms with Crippen molar-refractivity contribution in [1.82, 2.24) is 25.9 Å². The topological polar surface area (TPSA) is 122 Å². The highest BCUT2D eigenvalue weighted by molar-refractivity contribution is 5.95. The molecule has 0 saturated carbocycles. The highest BCUT2D eigenvalue weighted by Gasteiger charge is 2.27. The van der Waals surface area contributed by atoms with Crippen molar-refractivity contribution in [2.24, 2.45) is 0 Å². The maximum Gasteiger partial charge on any atom is 0.329 e. The first kappa shape index (κ1) is 23.6. The van der Waals surface area contributed by atoms with Crippen LogP contribution in [0.4, 0.5) is 16.3 Å². The van der Waals surface area contributed by atoms with Gasteiger partial charge in [0.25, 0.3) is 0 Å². The second-order valence-electron chi connectivity index (χ2n) is 9.14. The molecule has 0 aliphatic carbocycles. The monoisotopic (exact) mass is 487 g/mol. The first-order valence-electron chi connectivity index (χ1n) is 12.1. The van der Waals surface area contributed by atoms with Crippen molar-refractivity contribution in [3.05, 3.63) is 77.0 Å². The van der Waals surface area contributed by atoms with E-state index >= 15 is 0 Å². The van der Waals surface area contributed by atoms with Gasteiger partial charge < -0.3 is 15.5 Å². The van der Waals surface area contributed by atoms with Gasteiger partial charge in [0.15, 0.2) is 5.82 Å². The number of aromatic nitrogens is 2. The molecule has 2 aromatic carbocycles. The number of fused-ring (bicyclic) bond motifs is 1. The van der Waals surface area contributed by atoms with Crippen molar-refractivity contribution < 1.29 is 14.4 Å². The van der Waals surface area contributed by atoms with E-state index in [4.69, 9.17) is 0 Å². The quantitative estimate of drug-likeness (QED) is 0.408. The van der Waals surface area contributed by atoms with E-state index < -0.39 is 0 Å². The van der Waals surface area contributed by atoms with E-state index in [1.165, 1.54) is 0 Å². The number of hydrogen-bond acceptors (Lipinski definition) is 5. The summed E-state index contributed by atoms with van der Waals surface area (Å²) in [6, 6.07) is 16.8. The van der Waals surface area contributed by atoms with E-state index in [0.29, 0.717) is 25.3 Å². The van der Waals surface area contributed by atoms with Gasteiger partial charge in [-0.05, 0) is 36.6 Å². The molecule has 0 radical (unpaired) electrons. The fourth-order valence-corrected chi connectivity index (χ4v) is 4.60. The van der Waals surface area contributed by atoms with Crippen LogP contribution in [0, 0.1) is 0 Å². The lowest BCUT2D eigenvalue weighted by Gasteiger charge is -2.20. The number of carbonyl (C=O) groups is 3. The lowest BCUT2D eigenvalue weighted by Crippen LogP contribution is -2.45. The Labute approximate surface area is 209 Å². The molecular weight excluding hydrogens is 458 g/mol. The number of aromatic amines is 1. The highest BCUT2D eigenvalue weighted by atomic mass is 16.2. The molecule has 36 heavy (non-hydrogen) atoms. The SMILES string of the molecule is CC(NC(=O)NN1Cc2[nH]nc(NC(=O)Cc3ccc(N4CCCC4=O)cc3)c2C1)c1ccccc1. The molecule has 1 fully saturated rings. The number of anilines is 2.